The minimum absolute atomic E-state index is 0.0830. The minimum Gasteiger partial charge on any atom is -0.368 e. The third-order valence-corrected chi connectivity index (χ3v) is 3.67. The number of hydrogen-bond acceptors (Lipinski definition) is 7. The average molecular weight is 314 g/mol. The van der Waals surface area contributed by atoms with E-state index in [4.69, 9.17) is 0 Å². The molecule has 22 heavy (non-hydrogen) atoms. The van der Waals surface area contributed by atoms with Crippen LogP contribution in [0.4, 0.5) is 5.82 Å². The molecular weight excluding hydrogens is 300 g/mol. The zero-order valence-corrected chi connectivity index (χ0v) is 12.7. The molecule has 0 spiro atoms. The van der Waals surface area contributed by atoms with E-state index in [9.17, 15) is 4.79 Å². The van der Waals surface area contributed by atoms with Crippen molar-refractivity contribution in [1.29, 1.82) is 0 Å². The number of rotatable bonds is 5. The largest absolute Gasteiger partial charge is 0.368 e. The maximum Gasteiger partial charge on any atom is 0.273 e. The Kier molecular flexibility index (Phi) is 4.19. The van der Waals surface area contributed by atoms with Crippen molar-refractivity contribution >= 4 is 34.2 Å². The second-order valence-electron chi connectivity index (χ2n) is 4.62. The summed E-state index contributed by atoms with van der Waals surface area (Å²) in [6.07, 6.45) is 3.25. The first-order chi connectivity index (χ1) is 10.7. The van der Waals surface area contributed by atoms with Gasteiger partial charge >= 0.3 is 0 Å². The van der Waals surface area contributed by atoms with Crippen molar-refractivity contribution in [3.63, 3.8) is 0 Å². The lowest BCUT2D eigenvalue weighted by Crippen LogP contribution is -2.31. The number of fused-ring (bicyclic) bond motifs is 1. The van der Waals surface area contributed by atoms with E-state index in [-0.39, 0.29) is 5.91 Å². The fourth-order valence-electron chi connectivity index (χ4n) is 1.92. The van der Waals surface area contributed by atoms with Crippen LogP contribution in [0.25, 0.3) is 11.2 Å². The molecule has 0 fully saturated rings. The first kappa shape index (κ1) is 14.3. The molecule has 0 aliphatic heterocycles. The smallest absolute Gasteiger partial charge is 0.273 e. The Morgan fingerprint density at radius 2 is 2.14 bits per heavy atom. The number of nitrogens with one attached hydrogen (secondary N) is 1. The number of likely N-dealkylation sites (N-methyl/N-ethyl adjacent to an activating group) is 1. The van der Waals surface area contributed by atoms with E-state index < -0.39 is 0 Å². The SMILES string of the molecule is CN(CCNc1ccc2nccnc2n1)C(=O)c1cscn1. The van der Waals surface area contributed by atoms with Gasteiger partial charge in [-0.2, -0.15) is 0 Å². The summed E-state index contributed by atoms with van der Waals surface area (Å²) in [5.74, 6) is 0.628. The molecule has 0 aliphatic carbocycles. The van der Waals surface area contributed by atoms with Gasteiger partial charge in [0.15, 0.2) is 5.65 Å². The maximum atomic E-state index is 12.0. The highest BCUT2D eigenvalue weighted by Crippen LogP contribution is 2.10. The number of thiazole rings is 1. The summed E-state index contributed by atoms with van der Waals surface area (Å²) in [6.45, 7) is 1.14. The molecule has 0 atom stereocenters. The van der Waals surface area contributed by atoms with Gasteiger partial charge in [0.2, 0.25) is 0 Å². The molecule has 0 saturated heterocycles. The van der Waals surface area contributed by atoms with Crippen LogP contribution >= 0.6 is 11.3 Å². The van der Waals surface area contributed by atoms with Crippen LogP contribution in [0.1, 0.15) is 10.5 Å². The molecule has 1 N–H and O–H groups in total. The van der Waals surface area contributed by atoms with Gasteiger partial charge < -0.3 is 10.2 Å². The third-order valence-electron chi connectivity index (χ3n) is 3.08. The molecule has 0 aliphatic rings. The second kappa shape index (κ2) is 6.44. The van der Waals surface area contributed by atoms with E-state index in [1.165, 1.54) is 11.3 Å². The van der Waals surface area contributed by atoms with Gasteiger partial charge in [0.25, 0.3) is 5.91 Å². The van der Waals surface area contributed by atoms with Gasteiger partial charge in [-0.15, -0.1) is 11.3 Å². The summed E-state index contributed by atoms with van der Waals surface area (Å²) in [5, 5.41) is 4.92. The topological polar surface area (TPSA) is 83.9 Å². The average Bonchev–Trinajstić information content (AvgIpc) is 3.08. The summed E-state index contributed by atoms with van der Waals surface area (Å²) in [6, 6.07) is 3.71. The van der Waals surface area contributed by atoms with Crippen molar-refractivity contribution in [3.05, 3.63) is 41.1 Å². The number of anilines is 1. The fraction of sp³-hybridized carbons (Fsp3) is 0.214. The van der Waals surface area contributed by atoms with Crippen molar-refractivity contribution < 1.29 is 4.79 Å². The molecule has 0 saturated carbocycles. The molecule has 0 aromatic carbocycles. The van der Waals surface area contributed by atoms with Crippen molar-refractivity contribution in [2.24, 2.45) is 0 Å². The lowest BCUT2D eigenvalue weighted by Gasteiger charge is -2.16. The van der Waals surface area contributed by atoms with Crippen molar-refractivity contribution in [1.82, 2.24) is 24.8 Å². The predicted octanol–water partition coefficient (Wildman–Crippen LogP) is 1.67. The zero-order chi connectivity index (χ0) is 15.4. The van der Waals surface area contributed by atoms with Crippen LogP contribution in [-0.2, 0) is 0 Å². The van der Waals surface area contributed by atoms with E-state index in [0.717, 1.165) is 5.52 Å². The molecule has 0 unspecified atom stereocenters. The monoisotopic (exact) mass is 314 g/mol. The zero-order valence-electron chi connectivity index (χ0n) is 11.9. The van der Waals surface area contributed by atoms with Gasteiger partial charge in [-0.25, -0.2) is 15.0 Å². The summed E-state index contributed by atoms with van der Waals surface area (Å²) < 4.78 is 0. The Morgan fingerprint density at radius 3 is 2.95 bits per heavy atom. The molecule has 3 rings (SSSR count). The van der Waals surface area contributed by atoms with Gasteiger partial charge in [-0.1, -0.05) is 0 Å². The van der Waals surface area contributed by atoms with Crippen LogP contribution in [-0.4, -0.2) is 50.9 Å². The third kappa shape index (κ3) is 3.17. The molecule has 3 aromatic rings. The Hall–Kier alpha value is -2.61. The van der Waals surface area contributed by atoms with Crippen LogP contribution in [0.2, 0.25) is 0 Å². The van der Waals surface area contributed by atoms with Gasteiger partial charge in [0, 0.05) is 37.9 Å². The summed E-state index contributed by atoms with van der Waals surface area (Å²) in [7, 11) is 1.75. The van der Waals surface area contributed by atoms with Crippen molar-refractivity contribution in [2.45, 2.75) is 0 Å². The van der Waals surface area contributed by atoms with Crippen molar-refractivity contribution in [3.8, 4) is 0 Å². The number of amides is 1. The highest BCUT2D eigenvalue weighted by Gasteiger charge is 2.12. The van der Waals surface area contributed by atoms with Gasteiger partial charge in [0.1, 0.15) is 17.0 Å². The van der Waals surface area contributed by atoms with E-state index in [1.807, 2.05) is 12.1 Å². The van der Waals surface area contributed by atoms with Crippen molar-refractivity contribution in [2.75, 3.05) is 25.5 Å². The fourth-order valence-corrected chi connectivity index (χ4v) is 2.45. The van der Waals surface area contributed by atoms with Gasteiger partial charge in [-0.3, -0.25) is 9.78 Å². The lowest BCUT2D eigenvalue weighted by molar-refractivity contribution is 0.0795. The van der Waals surface area contributed by atoms with Crippen LogP contribution in [0, 0.1) is 0 Å². The maximum absolute atomic E-state index is 12.0. The predicted molar refractivity (Wildman–Crippen MR) is 84.9 cm³/mol. The first-order valence-electron chi connectivity index (χ1n) is 6.69. The first-order valence-corrected chi connectivity index (χ1v) is 7.63. The molecule has 8 heteroatoms. The minimum atomic E-state index is -0.0830. The van der Waals surface area contributed by atoms with E-state index in [0.29, 0.717) is 30.2 Å². The number of pyridine rings is 1. The number of nitrogens with zero attached hydrogens (tertiary/aromatic N) is 5. The quantitative estimate of drug-likeness (QED) is 0.771. The molecule has 7 nitrogen and oxygen atoms in total. The summed E-state index contributed by atoms with van der Waals surface area (Å²) in [5.41, 5.74) is 3.48. The Labute approximate surface area is 131 Å². The number of carbonyl (C=O) groups is 1. The highest BCUT2D eigenvalue weighted by molar-refractivity contribution is 7.07. The van der Waals surface area contributed by atoms with Crippen LogP contribution in [0.5, 0.6) is 0 Å². The van der Waals surface area contributed by atoms with Crippen LogP contribution in [0.3, 0.4) is 0 Å². The second-order valence-corrected chi connectivity index (χ2v) is 5.34. The Morgan fingerprint density at radius 1 is 1.27 bits per heavy atom. The summed E-state index contributed by atoms with van der Waals surface area (Å²) in [4.78, 5) is 30.4. The van der Waals surface area contributed by atoms with E-state index in [2.05, 4.69) is 25.3 Å². The van der Waals surface area contributed by atoms with Gasteiger partial charge in [-0.05, 0) is 12.1 Å². The van der Waals surface area contributed by atoms with Crippen LogP contribution in [0.15, 0.2) is 35.4 Å². The Balaban J connectivity index is 1.56. The number of aromatic nitrogens is 4. The summed E-state index contributed by atoms with van der Waals surface area (Å²) >= 11 is 1.41. The van der Waals surface area contributed by atoms with Crippen LogP contribution < -0.4 is 5.32 Å². The molecule has 3 heterocycles. The number of carbonyl (C=O) groups excluding carboxylic acids is 1. The molecule has 3 aromatic heterocycles. The molecule has 0 bridgehead atoms. The van der Waals surface area contributed by atoms with E-state index in [1.54, 1.807) is 35.2 Å². The highest BCUT2D eigenvalue weighted by atomic mass is 32.1. The van der Waals surface area contributed by atoms with E-state index >= 15 is 0 Å². The molecular formula is C14H14N6OS. The molecule has 0 radical (unpaired) electrons. The Bertz CT molecular complexity index is 776. The molecule has 112 valence electrons. The standard InChI is InChI=1S/C14H14N6OS/c1-20(14(21)11-8-22-9-18-11)7-6-16-12-3-2-10-13(19-12)17-5-4-15-10/h2-5,8-9H,6-7H2,1H3,(H,16,17,19). The molecule has 1 amide bonds. The normalized spacial score (nSPS) is 10.6. The lowest BCUT2D eigenvalue weighted by atomic mass is 10.4. The van der Waals surface area contributed by atoms with Gasteiger partial charge in [0.05, 0.1) is 5.51 Å². The number of hydrogen-bond donors (Lipinski definition) is 1.